The predicted molar refractivity (Wildman–Crippen MR) is 91.9 cm³/mol. The molecule has 1 atom stereocenters. The highest BCUT2D eigenvalue weighted by atomic mass is 32.2. The summed E-state index contributed by atoms with van der Waals surface area (Å²) in [6.45, 7) is 3.27. The molecule has 0 N–H and O–H groups in total. The first-order valence-electron chi connectivity index (χ1n) is 8.15. The van der Waals surface area contributed by atoms with Gasteiger partial charge in [0.05, 0.1) is 30.3 Å². The van der Waals surface area contributed by atoms with Crippen LogP contribution in [0.4, 0.5) is 0 Å². The van der Waals surface area contributed by atoms with Crippen LogP contribution in [0.1, 0.15) is 29.8 Å². The summed E-state index contributed by atoms with van der Waals surface area (Å²) < 4.78 is 35.0. The van der Waals surface area contributed by atoms with Crippen LogP contribution in [0.3, 0.4) is 0 Å². The molecule has 0 fully saturated rings. The summed E-state index contributed by atoms with van der Waals surface area (Å²) in [5, 5.41) is 4.30. The van der Waals surface area contributed by atoms with E-state index in [-0.39, 0.29) is 11.8 Å². The topological polar surface area (TPSA) is 64.4 Å². The van der Waals surface area contributed by atoms with Crippen LogP contribution in [0.5, 0.6) is 0 Å². The second-order valence-corrected chi connectivity index (χ2v) is 7.88. The third kappa shape index (κ3) is 3.38. The third-order valence-electron chi connectivity index (χ3n) is 4.36. The lowest BCUT2D eigenvalue weighted by Gasteiger charge is -2.35. The number of benzene rings is 1. The molecule has 6 nitrogen and oxygen atoms in total. The number of hydrogen-bond acceptors (Lipinski definition) is 4. The predicted octanol–water partition coefficient (Wildman–Crippen LogP) is 1.89. The highest BCUT2D eigenvalue weighted by Gasteiger charge is 2.37. The van der Waals surface area contributed by atoms with Gasteiger partial charge in [0, 0.05) is 20.2 Å². The molecule has 1 aliphatic heterocycles. The quantitative estimate of drug-likeness (QED) is 0.799. The van der Waals surface area contributed by atoms with Crippen LogP contribution in [0.15, 0.2) is 36.5 Å². The van der Waals surface area contributed by atoms with Crippen molar-refractivity contribution in [3.8, 4) is 0 Å². The van der Waals surface area contributed by atoms with Crippen LogP contribution >= 0.6 is 0 Å². The Labute approximate surface area is 143 Å². The zero-order chi connectivity index (χ0) is 17.2. The van der Waals surface area contributed by atoms with E-state index in [0.29, 0.717) is 26.2 Å². The van der Waals surface area contributed by atoms with E-state index in [0.717, 1.165) is 16.8 Å². The summed E-state index contributed by atoms with van der Waals surface area (Å²) in [4.78, 5) is 0. The van der Waals surface area contributed by atoms with Gasteiger partial charge in [0.1, 0.15) is 0 Å². The zero-order valence-electron chi connectivity index (χ0n) is 14.1. The molecular formula is C17H23N3O3S. The van der Waals surface area contributed by atoms with Crippen LogP contribution in [-0.2, 0) is 34.0 Å². The summed E-state index contributed by atoms with van der Waals surface area (Å²) in [5.41, 5.74) is 2.84. The standard InChI is InChI=1S/C17H23N3O3S/c1-3-23-12-16-17-15(11-18-19(17)2)9-10-20(16)24(21,22)13-14-7-5-4-6-8-14/h4-8,11,16H,3,9-10,12-13H2,1-2H3/t16-/m0/s1. The maximum absolute atomic E-state index is 13.0. The average Bonchev–Trinajstić information content (AvgIpc) is 2.94. The molecule has 0 amide bonds. The van der Waals surface area contributed by atoms with Crippen LogP contribution in [0.25, 0.3) is 0 Å². The zero-order valence-corrected chi connectivity index (χ0v) is 14.9. The molecule has 1 aliphatic rings. The maximum atomic E-state index is 13.0. The average molecular weight is 349 g/mol. The lowest BCUT2D eigenvalue weighted by molar-refractivity contribution is 0.0904. The summed E-state index contributed by atoms with van der Waals surface area (Å²) >= 11 is 0. The molecule has 0 bridgehead atoms. The van der Waals surface area contributed by atoms with Crippen molar-refractivity contribution in [2.45, 2.75) is 25.1 Å². The Morgan fingerprint density at radius 2 is 2.04 bits per heavy atom. The van der Waals surface area contributed by atoms with E-state index < -0.39 is 10.0 Å². The minimum absolute atomic E-state index is 0.00362. The number of aryl methyl sites for hydroxylation is 1. The van der Waals surface area contributed by atoms with Crippen molar-refractivity contribution in [1.82, 2.24) is 14.1 Å². The van der Waals surface area contributed by atoms with E-state index in [1.165, 1.54) is 0 Å². The number of aromatic nitrogens is 2. The Hall–Kier alpha value is -1.70. The SMILES string of the molecule is CCOC[C@H]1c2c(cnn2C)CCN1S(=O)(=O)Cc1ccccc1. The van der Waals surface area contributed by atoms with Gasteiger partial charge in [-0.1, -0.05) is 30.3 Å². The molecule has 2 heterocycles. The van der Waals surface area contributed by atoms with Crippen LogP contribution in [0, 0.1) is 0 Å². The van der Waals surface area contributed by atoms with E-state index in [1.807, 2.05) is 50.5 Å². The minimum atomic E-state index is -3.44. The van der Waals surface area contributed by atoms with Crippen molar-refractivity contribution in [2.24, 2.45) is 7.05 Å². The molecule has 2 aromatic rings. The third-order valence-corrected chi connectivity index (χ3v) is 6.21. The van der Waals surface area contributed by atoms with Gasteiger partial charge in [-0.3, -0.25) is 4.68 Å². The molecule has 1 aromatic carbocycles. The number of sulfonamides is 1. The van der Waals surface area contributed by atoms with Crippen molar-refractivity contribution >= 4 is 10.0 Å². The van der Waals surface area contributed by atoms with Gasteiger partial charge < -0.3 is 4.74 Å². The molecule has 0 spiro atoms. The smallest absolute Gasteiger partial charge is 0.218 e. The Morgan fingerprint density at radius 3 is 2.75 bits per heavy atom. The summed E-state index contributed by atoms with van der Waals surface area (Å²) in [6, 6.07) is 8.96. The molecule has 24 heavy (non-hydrogen) atoms. The molecule has 7 heteroatoms. The Kier molecular flexibility index (Phi) is 5.03. The molecule has 130 valence electrons. The number of rotatable bonds is 6. The minimum Gasteiger partial charge on any atom is -0.380 e. The molecule has 1 aromatic heterocycles. The molecule has 0 unspecified atom stereocenters. The van der Waals surface area contributed by atoms with E-state index >= 15 is 0 Å². The molecule has 0 aliphatic carbocycles. The highest BCUT2D eigenvalue weighted by molar-refractivity contribution is 7.88. The molecular weight excluding hydrogens is 326 g/mol. The van der Waals surface area contributed by atoms with Crippen molar-refractivity contribution in [3.63, 3.8) is 0 Å². The van der Waals surface area contributed by atoms with Gasteiger partial charge in [0.2, 0.25) is 10.0 Å². The summed E-state index contributed by atoms with van der Waals surface area (Å²) in [6.07, 6.45) is 2.51. The molecule has 0 saturated heterocycles. The summed E-state index contributed by atoms with van der Waals surface area (Å²) in [5.74, 6) is 0.00362. The van der Waals surface area contributed by atoms with Gasteiger partial charge >= 0.3 is 0 Å². The lowest BCUT2D eigenvalue weighted by atomic mass is 10.0. The largest absolute Gasteiger partial charge is 0.380 e. The van der Waals surface area contributed by atoms with Crippen molar-refractivity contribution in [3.05, 3.63) is 53.3 Å². The monoisotopic (exact) mass is 349 g/mol. The molecule has 0 saturated carbocycles. The number of ether oxygens (including phenoxy) is 1. The van der Waals surface area contributed by atoms with Crippen molar-refractivity contribution < 1.29 is 13.2 Å². The number of nitrogens with zero attached hydrogens (tertiary/aromatic N) is 3. The van der Waals surface area contributed by atoms with Gasteiger partial charge in [-0.15, -0.1) is 0 Å². The van der Waals surface area contributed by atoms with E-state index in [4.69, 9.17) is 4.74 Å². The van der Waals surface area contributed by atoms with Gasteiger partial charge in [-0.2, -0.15) is 9.40 Å². The Morgan fingerprint density at radius 1 is 1.29 bits per heavy atom. The fraction of sp³-hybridized carbons (Fsp3) is 0.471. The van der Waals surface area contributed by atoms with Gasteiger partial charge in [-0.05, 0) is 24.5 Å². The normalized spacial score (nSPS) is 18.5. The second-order valence-electron chi connectivity index (χ2n) is 5.96. The van der Waals surface area contributed by atoms with E-state index in [2.05, 4.69) is 5.10 Å². The van der Waals surface area contributed by atoms with Crippen LogP contribution in [-0.4, -0.2) is 42.3 Å². The Balaban J connectivity index is 1.91. The van der Waals surface area contributed by atoms with Gasteiger partial charge in [0.25, 0.3) is 0 Å². The second kappa shape index (κ2) is 7.04. The van der Waals surface area contributed by atoms with E-state index in [1.54, 1.807) is 8.99 Å². The number of hydrogen-bond donors (Lipinski definition) is 0. The molecule has 3 rings (SSSR count). The van der Waals surface area contributed by atoms with Gasteiger partial charge in [-0.25, -0.2) is 8.42 Å². The first-order valence-corrected chi connectivity index (χ1v) is 9.76. The Bertz CT molecular complexity index is 787. The highest BCUT2D eigenvalue weighted by Crippen LogP contribution is 2.32. The van der Waals surface area contributed by atoms with Crippen molar-refractivity contribution in [2.75, 3.05) is 19.8 Å². The van der Waals surface area contributed by atoms with Crippen LogP contribution < -0.4 is 0 Å². The first-order chi connectivity index (χ1) is 11.5. The number of fused-ring (bicyclic) bond motifs is 1. The first kappa shape index (κ1) is 17.1. The fourth-order valence-corrected chi connectivity index (χ4v) is 4.93. The van der Waals surface area contributed by atoms with Gasteiger partial charge in [0.15, 0.2) is 0 Å². The van der Waals surface area contributed by atoms with Crippen molar-refractivity contribution in [1.29, 1.82) is 0 Å². The van der Waals surface area contributed by atoms with Crippen LogP contribution in [0.2, 0.25) is 0 Å². The lowest BCUT2D eigenvalue weighted by Crippen LogP contribution is -2.43. The molecule has 0 radical (unpaired) electrons. The van der Waals surface area contributed by atoms with E-state index in [9.17, 15) is 8.42 Å². The summed E-state index contributed by atoms with van der Waals surface area (Å²) in [7, 11) is -1.59. The fourth-order valence-electron chi connectivity index (χ4n) is 3.23. The maximum Gasteiger partial charge on any atom is 0.218 e.